The minimum atomic E-state index is -3.56. The molecule has 1 aliphatic rings. The van der Waals surface area contributed by atoms with Crippen LogP contribution in [-0.4, -0.2) is 60.5 Å². The number of aromatic nitrogens is 1. The van der Waals surface area contributed by atoms with Crippen LogP contribution in [0.4, 0.5) is 11.4 Å². The van der Waals surface area contributed by atoms with E-state index in [0.717, 1.165) is 11.1 Å². The largest absolute Gasteiger partial charge is 0.359 e. The van der Waals surface area contributed by atoms with E-state index in [-0.39, 0.29) is 10.5 Å². The number of nitrogens with zero attached hydrogens (tertiary/aromatic N) is 3. The molecule has 2 heterocycles. The van der Waals surface area contributed by atoms with Crippen LogP contribution in [-0.2, 0) is 14.8 Å². The molecule has 0 saturated carbocycles. The minimum Gasteiger partial charge on any atom is -0.359 e. The summed E-state index contributed by atoms with van der Waals surface area (Å²) in [6.45, 7) is 9.15. The predicted octanol–water partition coefficient (Wildman–Crippen LogP) is 5.98. The van der Waals surface area contributed by atoms with E-state index in [1.165, 1.54) is 4.31 Å². The van der Waals surface area contributed by atoms with E-state index in [9.17, 15) is 23.3 Å². The fraction of sp³-hybridized carbons (Fsp3) is 0.229. The second kappa shape index (κ2) is 13.9. The van der Waals surface area contributed by atoms with Crippen molar-refractivity contribution in [3.05, 3.63) is 108 Å². The first-order valence-corrected chi connectivity index (χ1v) is 16.6. The minimum absolute atomic E-state index is 0.212. The number of H-pyrrole nitrogens is 1. The molecule has 3 N–H and O–H groups in total. The van der Waals surface area contributed by atoms with Crippen LogP contribution in [0.5, 0.6) is 0 Å². The van der Waals surface area contributed by atoms with Crippen molar-refractivity contribution in [1.82, 2.24) is 14.2 Å². The topological polar surface area (TPSA) is 138 Å². The number of ketones is 1. The molecule has 0 spiro atoms. The maximum atomic E-state index is 13.4. The number of amides is 1. The summed E-state index contributed by atoms with van der Waals surface area (Å²) in [5.74, 6) is -0.750. The fourth-order valence-corrected chi connectivity index (χ4v) is 7.14. The van der Waals surface area contributed by atoms with Crippen LogP contribution < -0.4 is 10.6 Å². The molecule has 0 unspecified atom stereocenters. The van der Waals surface area contributed by atoms with E-state index < -0.39 is 21.7 Å². The molecule has 10 nitrogen and oxygen atoms in total. The number of carbonyl (C=O) groups excluding carboxylic acids is 2. The number of rotatable bonds is 11. The third-order valence-electron chi connectivity index (χ3n) is 8.11. The lowest BCUT2D eigenvalue weighted by atomic mass is 9.93. The second-order valence-corrected chi connectivity index (χ2v) is 12.8. The smallest absolute Gasteiger partial charge is 0.295 e. The highest BCUT2D eigenvalue weighted by molar-refractivity contribution is 7.89. The summed E-state index contributed by atoms with van der Waals surface area (Å²) in [7, 11) is -3.56. The highest BCUT2D eigenvalue weighted by Gasteiger charge is 2.29. The molecule has 3 aromatic carbocycles. The molecule has 5 rings (SSSR count). The van der Waals surface area contributed by atoms with Crippen molar-refractivity contribution >= 4 is 49.6 Å². The predicted molar refractivity (Wildman–Crippen MR) is 180 cm³/mol. The van der Waals surface area contributed by atoms with E-state index in [2.05, 4.69) is 28.3 Å². The van der Waals surface area contributed by atoms with Crippen LogP contribution in [0.25, 0.3) is 16.5 Å². The molecule has 0 atom stereocenters. The Morgan fingerprint density at radius 1 is 0.957 bits per heavy atom. The number of carbonyl (C=O) groups is 2. The van der Waals surface area contributed by atoms with E-state index >= 15 is 0 Å². The van der Waals surface area contributed by atoms with Crippen molar-refractivity contribution in [2.75, 3.05) is 36.8 Å². The van der Waals surface area contributed by atoms with Gasteiger partial charge >= 0.3 is 0 Å². The van der Waals surface area contributed by atoms with Gasteiger partial charge in [0.15, 0.2) is 0 Å². The molecule has 1 aliphatic heterocycles. The Hall–Kier alpha value is -5.18. The van der Waals surface area contributed by atoms with Crippen molar-refractivity contribution in [2.45, 2.75) is 31.6 Å². The number of allylic oxidation sites excluding steroid dienone is 1. The monoisotopic (exact) mass is 636 g/mol. The lowest BCUT2D eigenvalue weighted by Crippen LogP contribution is -2.40. The Balaban J connectivity index is 1.25. The van der Waals surface area contributed by atoms with E-state index in [1.807, 2.05) is 36.4 Å². The molecule has 1 fully saturated rings. The van der Waals surface area contributed by atoms with Gasteiger partial charge in [-0.3, -0.25) is 9.59 Å². The molecule has 1 saturated heterocycles. The Labute approximate surface area is 269 Å². The van der Waals surface area contributed by atoms with Crippen LogP contribution in [0, 0.1) is 11.3 Å². The number of para-hydroxylation sites is 1. The Bertz CT molecular complexity index is 1940. The first-order chi connectivity index (χ1) is 22.2. The Morgan fingerprint density at radius 2 is 1.63 bits per heavy atom. The zero-order valence-electron chi connectivity index (χ0n) is 25.8. The van der Waals surface area contributed by atoms with Crippen LogP contribution >= 0.6 is 0 Å². The number of piperidine rings is 1. The highest BCUT2D eigenvalue weighted by atomic mass is 32.2. The van der Waals surface area contributed by atoms with Gasteiger partial charge in [0, 0.05) is 43.4 Å². The zero-order chi connectivity index (χ0) is 32.8. The third-order valence-corrected chi connectivity index (χ3v) is 10.2. The quantitative estimate of drug-likeness (QED) is 0.105. The van der Waals surface area contributed by atoms with Gasteiger partial charge in [-0.2, -0.15) is 9.57 Å². The van der Waals surface area contributed by atoms with Gasteiger partial charge in [0.2, 0.25) is 10.0 Å². The van der Waals surface area contributed by atoms with E-state index in [4.69, 9.17) is 0 Å². The fourth-order valence-electron chi connectivity index (χ4n) is 5.68. The summed E-state index contributed by atoms with van der Waals surface area (Å²) >= 11 is 0. The van der Waals surface area contributed by atoms with Crippen molar-refractivity contribution in [3.63, 3.8) is 0 Å². The number of Topliss-reactive ketones (excluding diaryl/α,β-unsaturated/α-hetero) is 1. The molecule has 0 aliphatic carbocycles. The summed E-state index contributed by atoms with van der Waals surface area (Å²) < 4.78 is 27.0. The number of hydrogen-bond acceptors (Lipinski definition) is 7. The van der Waals surface area contributed by atoms with Crippen LogP contribution in [0.2, 0.25) is 0 Å². The van der Waals surface area contributed by atoms with Gasteiger partial charge in [0.1, 0.15) is 5.82 Å². The molecule has 0 bridgehead atoms. The first kappa shape index (κ1) is 32.2. The van der Waals surface area contributed by atoms with Crippen LogP contribution in [0.15, 0.2) is 102 Å². The van der Waals surface area contributed by atoms with E-state index in [1.54, 1.807) is 61.3 Å². The van der Waals surface area contributed by atoms with E-state index in [0.29, 0.717) is 72.7 Å². The first-order valence-electron chi connectivity index (χ1n) is 15.1. The summed E-state index contributed by atoms with van der Waals surface area (Å²) in [5, 5.41) is 16.7. The molecule has 0 radical (unpaired) electrons. The van der Waals surface area contributed by atoms with Gasteiger partial charge in [-0.15, -0.1) is 0 Å². The van der Waals surface area contributed by atoms with Gasteiger partial charge < -0.3 is 20.5 Å². The molecule has 4 aromatic rings. The molecular weight excluding hydrogens is 600 g/mol. The average Bonchev–Trinajstić information content (AvgIpc) is 3.51. The van der Waals surface area contributed by atoms with Crippen molar-refractivity contribution in [3.8, 4) is 6.07 Å². The van der Waals surface area contributed by atoms with Gasteiger partial charge in [-0.25, -0.2) is 8.42 Å². The number of nitrogens with one attached hydrogen (secondary N) is 3. The maximum absolute atomic E-state index is 13.4. The summed E-state index contributed by atoms with van der Waals surface area (Å²) in [6, 6.07) is 23.6. The number of benzene rings is 3. The highest BCUT2D eigenvalue weighted by Crippen LogP contribution is 2.30. The maximum Gasteiger partial charge on any atom is 0.295 e. The van der Waals surface area contributed by atoms with Gasteiger partial charge in [0.05, 0.1) is 33.3 Å². The number of nitriles is 1. The summed E-state index contributed by atoms with van der Waals surface area (Å²) in [6.07, 6.45) is 2.60. The number of likely N-dealkylation sites (tertiary alicyclic amines) is 1. The van der Waals surface area contributed by atoms with Crippen molar-refractivity contribution in [1.29, 1.82) is 5.26 Å². The molecule has 1 aromatic heterocycles. The van der Waals surface area contributed by atoms with Gasteiger partial charge in [-0.1, -0.05) is 62.9 Å². The third kappa shape index (κ3) is 6.59. The number of fused-ring (bicyclic) bond motifs is 1. The SMILES string of the molecule is C=C(Nc1ccc(S(=O)(=O)N(CC)CC)cc1)Nc1cccc2c(C(=O)C(=O)N3CCC(=C(C#N)c4ccccc4)CC3)c[nH]c12. The van der Waals surface area contributed by atoms with Crippen molar-refractivity contribution in [2.24, 2.45) is 0 Å². The number of aromatic amines is 1. The number of anilines is 2. The molecular formula is C35H36N6O4S. The number of hydrogen-bond donors (Lipinski definition) is 3. The van der Waals surface area contributed by atoms with Gasteiger partial charge in [-0.05, 0) is 54.3 Å². The second-order valence-electron chi connectivity index (χ2n) is 10.9. The molecule has 236 valence electrons. The summed E-state index contributed by atoms with van der Waals surface area (Å²) in [5.41, 5.74) is 4.66. The Kier molecular flexibility index (Phi) is 9.70. The average molecular weight is 637 g/mol. The summed E-state index contributed by atoms with van der Waals surface area (Å²) in [4.78, 5) is 31.6. The Morgan fingerprint density at radius 3 is 2.26 bits per heavy atom. The number of sulfonamides is 1. The normalized spacial score (nSPS) is 13.3. The van der Waals surface area contributed by atoms with Crippen LogP contribution in [0.3, 0.4) is 0 Å². The lowest BCUT2D eigenvalue weighted by Gasteiger charge is -2.28. The van der Waals surface area contributed by atoms with Crippen molar-refractivity contribution < 1.29 is 18.0 Å². The molecule has 1 amide bonds. The molecule has 11 heteroatoms. The zero-order valence-corrected chi connectivity index (χ0v) is 26.7. The lowest BCUT2D eigenvalue weighted by molar-refractivity contribution is -0.126. The molecule has 46 heavy (non-hydrogen) atoms. The van der Waals surface area contributed by atoms with Gasteiger partial charge in [0.25, 0.3) is 11.7 Å². The van der Waals surface area contributed by atoms with Crippen LogP contribution in [0.1, 0.15) is 42.6 Å². The standard InChI is InChI=1S/C35H36N6O4S/c1-4-41(5-2)46(44,45)28-16-14-27(15-17-28)38-24(3)39-32-13-9-12-29-31(23-37-33(29)32)34(42)35(43)40-20-18-26(19-21-40)30(22-36)25-10-7-6-8-11-25/h6-17,23,37-39H,3-5,18-21H2,1-2H3.